The maximum Gasteiger partial charge on any atom is 0.355 e. The zero-order chi connectivity index (χ0) is 14.8. The van der Waals surface area contributed by atoms with Gasteiger partial charge in [-0.25, -0.2) is 9.78 Å². The van der Waals surface area contributed by atoms with Crippen molar-refractivity contribution in [2.45, 2.75) is 6.54 Å². The van der Waals surface area contributed by atoms with Gasteiger partial charge in [-0.05, 0) is 29.8 Å². The molecule has 0 saturated heterocycles. The van der Waals surface area contributed by atoms with E-state index in [9.17, 15) is 9.90 Å². The van der Waals surface area contributed by atoms with E-state index in [1.807, 2.05) is 24.3 Å². The zero-order valence-corrected chi connectivity index (χ0v) is 12.5. The van der Waals surface area contributed by atoms with Crippen LogP contribution in [0.1, 0.15) is 16.1 Å². The second kappa shape index (κ2) is 5.57. The van der Waals surface area contributed by atoms with E-state index in [1.54, 1.807) is 28.9 Å². The highest BCUT2D eigenvalue weighted by Gasteiger charge is 2.14. The van der Waals surface area contributed by atoms with Crippen LogP contribution in [0.4, 0.5) is 5.69 Å². The molecule has 1 aromatic carbocycles. The Morgan fingerprint density at radius 1 is 1.33 bits per heavy atom. The van der Waals surface area contributed by atoms with Crippen molar-refractivity contribution in [2.24, 2.45) is 0 Å². The third kappa shape index (κ3) is 2.75. The van der Waals surface area contributed by atoms with Crippen molar-refractivity contribution >= 4 is 33.2 Å². The minimum atomic E-state index is -0.990. The number of nitrogens with zero attached hydrogens (tertiary/aromatic N) is 2. The molecule has 0 fully saturated rings. The maximum absolute atomic E-state index is 11.5. The summed E-state index contributed by atoms with van der Waals surface area (Å²) in [5, 5.41) is 12.6. The molecule has 0 atom stereocenters. The molecule has 0 aliphatic rings. The fourth-order valence-electron chi connectivity index (χ4n) is 2.20. The Morgan fingerprint density at radius 2 is 2.19 bits per heavy atom. The van der Waals surface area contributed by atoms with Crippen LogP contribution in [-0.4, -0.2) is 20.5 Å². The lowest BCUT2D eigenvalue weighted by molar-refractivity contribution is 0.0690. The van der Waals surface area contributed by atoms with Crippen molar-refractivity contribution in [1.29, 1.82) is 0 Å². The van der Waals surface area contributed by atoms with E-state index in [2.05, 4.69) is 26.2 Å². The number of rotatable bonds is 4. The Morgan fingerprint density at radius 3 is 2.95 bits per heavy atom. The molecule has 0 unspecified atom stereocenters. The molecular formula is C15H12BrN3O2. The van der Waals surface area contributed by atoms with Crippen LogP contribution in [0.5, 0.6) is 0 Å². The summed E-state index contributed by atoms with van der Waals surface area (Å²) in [6.07, 6.45) is 3.23. The second-order valence-corrected chi connectivity index (χ2v) is 5.46. The van der Waals surface area contributed by atoms with E-state index in [1.165, 1.54) is 0 Å². The lowest BCUT2D eigenvalue weighted by Crippen LogP contribution is -2.11. The third-order valence-electron chi connectivity index (χ3n) is 3.14. The van der Waals surface area contributed by atoms with Crippen LogP contribution in [0.3, 0.4) is 0 Å². The fraction of sp³-hybridized carbons (Fsp3) is 0.0667. The minimum Gasteiger partial charge on any atom is -0.476 e. The zero-order valence-electron chi connectivity index (χ0n) is 11.0. The molecule has 0 spiro atoms. The van der Waals surface area contributed by atoms with Crippen LogP contribution < -0.4 is 5.32 Å². The first-order valence-corrected chi connectivity index (χ1v) is 7.12. The maximum atomic E-state index is 11.5. The van der Waals surface area contributed by atoms with Crippen molar-refractivity contribution in [1.82, 2.24) is 9.38 Å². The Hall–Kier alpha value is -2.34. The largest absolute Gasteiger partial charge is 0.476 e. The second-order valence-electron chi connectivity index (χ2n) is 4.54. The first kappa shape index (κ1) is 13.6. The van der Waals surface area contributed by atoms with Gasteiger partial charge in [0.25, 0.3) is 0 Å². The summed E-state index contributed by atoms with van der Waals surface area (Å²) in [5.74, 6) is -0.990. The summed E-state index contributed by atoms with van der Waals surface area (Å²) >= 11 is 3.42. The molecule has 2 N–H and O–H groups in total. The van der Waals surface area contributed by atoms with Crippen molar-refractivity contribution in [3.63, 3.8) is 0 Å². The van der Waals surface area contributed by atoms with Crippen molar-refractivity contribution in [3.8, 4) is 0 Å². The molecule has 2 aromatic heterocycles. The first-order valence-electron chi connectivity index (χ1n) is 6.33. The number of carboxylic acid groups (broad SMARTS) is 1. The Balaban J connectivity index is 1.93. The Bertz CT molecular complexity index is 814. The molecule has 0 aliphatic heterocycles. The lowest BCUT2D eigenvalue weighted by Gasteiger charge is -2.11. The van der Waals surface area contributed by atoms with Crippen LogP contribution in [0.25, 0.3) is 5.65 Å². The summed E-state index contributed by atoms with van der Waals surface area (Å²) in [6.45, 7) is 0.542. The van der Waals surface area contributed by atoms with Gasteiger partial charge in [0.15, 0.2) is 5.69 Å². The number of aromatic carboxylic acids is 1. The van der Waals surface area contributed by atoms with Gasteiger partial charge in [0.1, 0.15) is 5.65 Å². The molecule has 0 bridgehead atoms. The number of benzene rings is 1. The molecule has 106 valence electrons. The fourth-order valence-corrected chi connectivity index (χ4v) is 2.65. The SMILES string of the molecule is O=C(O)c1c(NCc2cccc(Br)c2)ccc2nccn12. The van der Waals surface area contributed by atoms with Gasteiger partial charge in [-0.3, -0.25) is 4.40 Å². The summed E-state index contributed by atoms with van der Waals surface area (Å²) in [4.78, 5) is 15.6. The van der Waals surface area contributed by atoms with Crippen LogP contribution in [0, 0.1) is 0 Å². The van der Waals surface area contributed by atoms with Gasteiger partial charge >= 0.3 is 5.97 Å². The van der Waals surface area contributed by atoms with Gasteiger partial charge in [-0.1, -0.05) is 28.1 Å². The predicted octanol–water partition coefficient (Wildman–Crippen LogP) is 3.41. The molecule has 6 heteroatoms. The molecular weight excluding hydrogens is 334 g/mol. The van der Waals surface area contributed by atoms with Gasteiger partial charge in [-0.2, -0.15) is 0 Å². The van der Waals surface area contributed by atoms with Gasteiger partial charge in [0, 0.05) is 23.4 Å². The van der Waals surface area contributed by atoms with Crippen molar-refractivity contribution < 1.29 is 9.90 Å². The summed E-state index contributed by atoms with van der Waals surface area (Å²) in [5.41, 5.74) is 2.42. The highest BCUT2D eigenvalue weighted by atomic mass is 79.9. The molecule has 0 amide bonds. The van der Waals surface area contributed by atoms with Gasteiger partial charge in [0.2, 0.25) is 0 Å². The summed E-state index contributed by atoms with van der Waals surface area (Å²) in [7, 11) is 0. The van der Waals surface area contributed by atoms with Crippen LogP contribution in [0.15, 0.2) is 53.3 Å². The molecule has 3 aromatic rings. The average Bonchev–Trinajstić information content (AvgIpc) is 2.92. The normalized spacial score (nSPS) is 10.7. The first-order chi connectivity index (χ1) is 10.1. The van der Waals surface area contributed by atoms with Gasteiger partial charge in [0.05, 0.1) is 5.69 Å². The lowest BCUT2D eigenvalue weighted by atomic mass is 10.2. The molecule has 0 radical (unpaired) electrons. The number of hydrogen-bond donors (Lipinski definition) is 2. The number of nitrogens with one attached hydrogen (secondary N) is 1. The van der Waals surface area contributed by atoms with E-state index < -0.39 is 5.97 Å². The molecule has 0 saturated carbocycles. The number of hydrogen-bond acceptors (Lipinski definition) is 3. The minimum absolute atomic E-state index is 0.181. The number of halogens is 1. The van der Waals surface area contributed by atoms with E-state index >= 15 is 0 Å². The monoisotopic (exact) mass is 345 g/mol. The predicted molar refractivity (Wildman–Crippen MR) is 83.6 cm³/mol. The quantitative estimate of drug-likeness (QED) is 0.760. The molecule has 3 rings (SSSR count). The third-order valence-corrected chi connectivity index (χ3v) is 3.63. The van der Waals surface area contributed by atoms with Crippen LogP contribution in [-0.2, 0) is 6.54 Å². The summed E-state index contributed by atoms with van der Waals surface area (Å²) < 4.78 is 2.55. The standard InChI is InChI=1S/C15H12BrN3O2/c16-11-3-1-2-10(8-11)9-18-12-4-5-13-17-6-7-19(13)14(12)15(20)21/h1-8,18H,9H2,(H,20,21). The van der Waals surface area contributed by atoms with Crippen LogP contribution >= 0.6 is 15.9 Å². The molecule has 21 heavy (non-hydrogen) atoms. The highest BCUT2D eigenvalue weighted by molar-refractivity contribution is 9.10. The van der Waals surface area contributed by atoms with E-state index in [0.29, 0.717) is 17.9 Å². The number of imidazole rings is 1. The Kier molecular flexibility index (Phi) is 3.62. The van der Waals surface area contributed by atoms with E-state index in [-0.39, 0.29) is 5.69 Å². The topological polar surface area (TPSA) is 66.6 Å². The number of carboxylic acids is 1. The average molecular weight is 346 g/mol. The highest BCUT2D eigenvalue weighted by Crippen LogP contribution is 2.19. The van der Waals surface area contributed by atoms with Crippen molar-refractivity contribution in [2.75, 3.05) is 5.32 Å². The van der Waals surface area contributed by atoms with E-state index in [0.717, 1.165) is 10.0 Å². The number of aromatic nitrogens is 2. The molecule has 5 nitrogen and oxygen atoms in total. The number of fused-ring (bicyclic) bond motifs is 1. The van der Waals surface area contributed by atoms with Gasteiger partial charge in [-0.15, -0.1) is 0 Å². The number of anilines is 1. The molecule has 0 aliphatic carbocycles. The van der Waals surface area contributed by atoms with Gasteiger partial charge < -0.3 is 10.4 Å². The van der Waals surface area contributed by atoms with Crippen LogP contribution in [0.2, 0.25) is 0 Å². The number of carbonyl (C=O) groups is 1. The summed E-state index contributed by atoms with van der Waals surface area (Å²) in [6, 6.07) is 11.4. The van der Waals surface area contributed by atoms with E-state index in [4.69, 9.17) is 0 Å². The Labute approximate surface area is 129 Å². The smallest absolute Gasteiger partial charge is 0.355 e. The molecule has 2 heterocycles. The number of pyridine rings is 1. The van der Waals surface area contributed by atoms with Crippen molar-refractivity contribution in [3.05, 3.63) is 64.5 Å².